The fourth-order valence-electron chi connectivity index (χ4n) is 3.81. The molecule has 0 aromatic heterocycles. The predicted octanol–water partition coefficient (Wildman–Crippen LogP) is 4.23. The highest BCUT2D eigenvalue weighted by Gasteiger charge is 2.23. The largest absolute Gasteiger partial charge is 0.493 e. The van der Waals surface area contributed by atoms with E-state index in [9.17, 15) is 0 Å². The molecule has 1 atom stereocenters. The number of thioether (sulfide) groups is 1. The molecule has 2 aliphatic rings. The van der Waals surface area contributed by atoms with Crippen LogP contribution in [0.5, 0.6) is 5.75 Å². The minimum Gasteiger partial charge on any atom is -0.493 e. The summed E-state index contributed by atoms with van der Waals surface area (Å²) >= 11 is 1.80. The second-order valence-corrected chi connectivity index (χ2v) is 7.74. The first-order chi connectivity index (χ1) is 12.2. The summed E-state index contributed by atoms with van der Waals surface area (Å²) in [5, 5.41) is 0. The molecular weight excluding hydrogens is 328 g/mol. The summed E-state index contributed by atoms with van der Waals surface area (Å²) in [6.07, 6.45) is 3.18. The lowest BCUT2D eigenvalue weighted by molar-refractivity contribution is 0.198. The first kappa shape index (κ1) is 16.8. The zero-order valence-electron chi connectivity index (χ0n) is 15.1. The Bertz CT molecular complexity index is 723. The van der Waals surface area contributed by atoms with Crippen molar-refractivity contribution in [1.82, 2.24) is 4.90 Å². The number of rotatable bonds is 4. The molecule has 1 fully saturated rings. The molecule has 2 aliphatic heterocycles. The van der Waals surface area contributed by atoms with Gasteiger partial charge >= 0.3 is 0 Å². The SMILES string of the molecule is CSc1ccc(N2CCN(C(C)c3ccc4c(c3)OCC4)CC2)cc1. The summed E-state index contributed by atoms with van der Waals surface area (Å²) in [4.78, 5) is 6.41. The van der Waals surface area contributed by atoms with E-state index in [4.69, 9.17) is 4.74 Å². The monoisotopic (exact) mass is 354 g/mol. The number of hydrogen-bond acceptors (Lipinski definition) is 4. The highest BCUT2D eigenvalue weighted by molar-refractivity contribution is 7.98. The van der Waals surface area contributed by atoms with Crippen molar-refractivity contribution >= 4 is 17.4 Å². The van der Waals surface area contributed by atoms with E-state index in [0.717, 1.165) is 45.0 Å². The number of fused-ring (bicyclic) bond motifs is 1. The third-order valence-electron chi connectivity index (χ3n) is 5.50. The fourth-order valence-corrected chi connectivity index (χ4v) is 4.22. The molecule has 2 heterocycles. The Morgan fingerprint density at radius 1 is 1.00 bits per heavy atom. The predicted molar refractivity (Wildman–Crippen MR) is 106 cm³/mol. The van der Waals surface area contributed by atoms with Gasteiger partial charge in [-0.15, -0.1) is 11.8 Å². The van der Waals surface area contributed by atoms with Gasteiger partial charge < -0.3 is 9.64 Å². The van der Waals surface area contributed by atoms with Crippen LogP contribution in [0.3, 0.4) is 0 Å². The normalized spacial score (nSPS) is 18.7. The fraction of sp³-hybridized carbons (Fsp3) is 0.429. The summed E-state index contributed by atoms with van der Waals surface area (Å²) < 4.78 is 5.74. The van der Waals surface area contributed by atoms with Crippen LogP contribution in [0.2, 0.25) is 0 Å². The molecule has 4 rings (SSSR count). The molecule has 0 N–H and O–H groups in total. The molecule has 4 heteroatoms. The molecule has 2 aromatic rings. The number of nitrogens with zero attached hydrogens (tertiary/aromatic N) is 2. The smallest absolute Gasteiger partial charge is 0.122 e. The number of anilines is 1. The number of benzene rings is 2. The van der Waals surface area contributed by atoms with Gasteiger partial charge in [0.1, 0.15) is 5.75 Å². The van der Waals surface area contributed by atoms with E-state index < -0.39 is 0 Å². The van der Waals surface area contributed by atoms with Crippen LogP contribution in [-0.4, -0.2) is 43.9 Å². The van der Waals surface area contributed by atoms with Gasteiger partial charge in [-0.1, -0.05) is 12.1 Å². The Kier molecular flexibility index (Phi) is 4.91. The summed E-state index contributed by atoms with van der Waals surface area (Å²) in [6, 6.07) is 16.2. The van der Waals surface area contributed by atoms with Gasteiger partial charge in [0.15, 0.2) is 0 Å². The standard InChI is InChI=1S/C21H26N2OS/c1-16(18-4-3-17-9-14-24-21(17)15-18)22-10-12-23(13-11-22)19-5-7-20(25-2)8-6-19/h3-8,15-16H,9-14H2,1-2H3. The molecule has 3 nitrogen and oxygen atoms in total. The average Bonchev–Trinajstić information content (AvgIpc) is 3.15. The van der Waals surface area contributed by atoms with Gasteiger partial charge in [-0.2, -0.15) is 0 Å². The second-order valence-electron chi connectivity index (χ2n) is 6.86. The van der Waals surface area contributed by atoms with Crippen LogP contribution in [0.1, 0.15) is 24.1 Å². The third-order valence-corrected chi connectivity index (χ3v) is 6.25. The summed E-state index contributed by atoms with van der Waals surface area (Å²) in [6.45, 7) is 7.53. The molecule has 0 bridgehead atoms. The maximum absolute atomic E-state index is 5.74. The zero-order chi connectivity index (χ0) is 17.2. The van der Waals surface area contributed by atoms with Crippen molar-refractivity contribution < 1.29 is 4.74 Å². The van der Waals surface area contributed by atoms with Gasteiger partial charge in [-0.05, 0) is 54.6 Å². The van der Waals surface area contributed by atoms with E-state index in [-0.39, 0.29) is 0 Å². The lowest BCUT2D eigenvalue weighted by Gasteiger charge is -2.39. The molecule has 1 unspecified atom stereocenters. The molecule has 0 spiro atoms. The Morgan fingerprint density at radius 3 is 2.48 bits per heavy atom. The van der Waals surface area contributed by atoms with Crippen LogP contribution in [0, 0.1) is 0 Å². The van der Waals surface area contributed by atoms with E-state index in [0.29, 0.717) is 6.04 Å². The molecule has 25 heavy (non-hydrogen) atoms. The second kappa shape index (κ2) is 7.30. The van der Waals surface area contributed by atoms with Gasteiger partial charge in [0.2, 0.25) is 0 Å². The topological polar surface area (TPSA) is 15.7 Å². The van der Waals surface area contributed by atoms with Crippen LogP contribution in [0.15, 0.2) is 47.4 Å². The van der Waals surface area contributed by atoms with Crippen molar-refractivity contribution in [3.63, 3.8) is 0 Å². The minimum absolute atomic E-state index is 0.440. The van der Waals surface area contributed by atoms with Crippen molar-refractivity contribution in [3.05, 3.63) is 53.6 Å². The maximum Gasteiger partial charge on any atom is 0.122 e. The molecule has 2 aromatic carbocycles. The summed E-state index contributed by atoms with van der Waals surface area (Å²) in [7, 11) is 0. The molecule has 0 aliphatic carbocycles. The number of ether oxygens (including phenoxy) is 1. The summed E-state index contributed by atoms with van der Waals surface area (Å²) in [5.74, 6) is 1.09. The number of piperazine rings is 1. The highest BCUT2D eigenvalue weighted by Crippen LogP contribution is 2.31. The van der Waals surface area contributed by atoms with Gasteiger partial charge in [0.25, 0.3) is 0 Å². The molecule has 1 saturated heterocycles. The van der Waals surface area contributed by atoms with Crippen LogP contribution in [0.25, 0.3) is 0 Å². The van der Waals surface area contributed by atoms with E-state index in [2.05, 4.69) is 65.4 Å². The van der Waals surface area contributed by atoms with E-state index >= 15 is 0 Å². The van der Waals surface area contributed by atoms with Gasteiger partial charge in [-0.25, -0.2) is 0 Å². The molecular formula is C21H26N2OS. The third kappa shape index (κ3) is 3.51. The Hall–Kier alpha value is -1.65. The van der Waals surface area contributed by atoms with E-state index in [1.54, 1.807) is 11.8 Å². The molecule has 0 saturated carbocycles. The van der Waals surface area contributed by atoms with Gasteiger partial charge in [-0.3, -0.25) is 4.90 Å². The summed E-state index contributed by atoms with van der Waals surface area (Å²) in [5.41, 5.74) is 4.07. The number of hydrogen-bond donors (Lipinski definition) is 0. The van der Waals surface area contributed by atoms with Crippen LogP contribution in [0.4, 0.5) is 5.69 Å². The van der Waals surface area contributed by atoms with Crippen molar-refractivity contribution in [2.24, 2.45) is 0 Å². The highest BCUT2D eigenvalue weighted by atomic mass is 32.2. The molecule has 132 valence electrons. The van der Waals surface area contributed by atoms with Crippen molar-refractivity contribution in [2.75, 3.05) is 43.9 Å². The van der Waals surface area contributed by atoms with Crippen LogP contribution >= 0.6 is 11.8 Å². The Balaban J connectivity index is 1.39. The van der Waals surface area contributed by atoms with E-state index in [1.165, 1.54) is 21.7 Å². The lowest BCUT2D eigenvalue weighted by atomic mass is 10.0. The van der Waals surface area contributed by atoms with Crippen molar-refractivity contribution in [1.29, 1.82) is 0 Å². The zero-order valence-corrected chi connectivity index (χ0v) is 15.9. The van der Waals surface area contributed by atoms with Gasteiger partial charge in [0.05, 0.1) is 6.61 Å². The first-order valence-electron chi connectivity index (χ1n) is 9.13. The van der Waals surface area contributed by atoms with E-state index in [1.807, 2.05) is 0 Å². The van der Waals surface area contributed by atoms with Crippen LogP contribution < -0.4 is 9.64 Å². The van der Waals surface area contributed by atoms with Gasteiger partial charge in [0, 0.05) is 49.2 Å². The first-order valence-corrected chi connectivity index (χ1v) is 10.4. The Labute approximate surface area is 155 Å². The van der Waals surface area contributed by atoms with Crippen LogP contribution in [-0.2, 0) is 6.42 Å². The lowest BCUT2D eigenvalue weighted by Crippen LogP contribution is -2.47. The minimum atomic E-state index is 0.440. The van der Waals surface area contributed by atoms with Crippen molar-refractivity contribution in [2.45, 2.75) is 24.3 Å². The Morgan fingerprint density at radius 2 is 1.76 bits per heavy atom. The quantitative estimate of drug-likeness (QED) is 0.763. The molecule has 0 radical (unpaired) electrons. The maximum atomic E-state index is 5.74. The average molecular weight is 355 g/mol. The molecule has 0 amide bonds. The van der Waals surface area contributed by atoms with Crippen molar-refractivity contribution in [3.8, 4) is 5.75 Å².